The predicted octanol–water partition coefficient (Wildman–Crippen LogP) is 7.73. The van der Waals surface area contributed by atoms with Gasteiger partial charge >= 0.3 is 0 Å². The summed E-state index contributed by atoms with van der Waals surface area (Å²) < 4.78 is 4.10. The fraction of sp³-hybridized carbons (Fsp3) is 0.516. The summed E-state index contributed by atoms with van der Waals surface area (Å²) in [4.78, 5) is 11.2. The molecule has 2 rings (SSSR count). The van der Waals surface area contributed by atoms with Crippen molar-refractivity contribution < 1.29 is 14.6 Å². The average molecular weight is 469 g/mol. The first-order valence-electron chi connectivity index (χ1n) is 12.8. The minimum Gasteiger partial charge on any atom is -0.371 e. The van der Waals surface area contributed by atoms with Crippen LogP contribution < -0.4 is 0 Å². The Morgan fingerprint density at radius 3 is 2.00 bits per heavy atom. The standard InChI is InChI=1S/C21H32O.C8H10.C2H6O2/c1-5-12-19-15-17(3)21(18(4)16-19)14-11-9-7-8-10-13-20(22)6-2;1-2-8-6-4-3-5-7-8;1-4-2-3/h8,10,15-16H,5-7,9,11-14H2,1-4H3;3-7H,2H2,1H3;3H,2H2,1H3/b10-8-;;. The van der Waals surface area contributed by atoms with E-state index in [1.165, 1.54) is 67.0 Å². The Bertz CT molecular complexity index is 769. The molecule has 0 spiro atoms. The quantitative estimate of drug-likeness (QED) is 0.197. The summed E-state index contributed by atoms with van der Waals surface area (Å²) in [6.07, 6.45) is 13.7. The van der Waals surface area contributed by atoms with Crippen LogP contribution in [0.3, 0.4) is 0 Å². The summed E-state index contributed by atoms with van der Waals surface area (Å²) in [5.41, 5.74) is 7.32. The lowest BCUT2D eigenvalue weighted by Gasteiger charge is -2.12. The summed E-state index contributed by atoms with van der Waals surface area (Å²) in [6, 6.07) is 15.2. The highest BCUT2D eigenvalue weighted by molar-refractivity contribution is 5.79. The maximum absolute atomic E-state index is 11.2. The van der Waals surface area contributed by atoms with Crippen molar-refractivity contribution in [2.45, 2.75) is 92.4 Å². The van der Waals surface area contributed by atoms with Gasteiger partial charge in [-0.25, -0.2) is 0 Å². The van der Waals surface area contributed by atoms with Gasteiger partial charge in [-0.2, -0.15) is 0 Å². The number of hydrogen-bond acceptors (Lipinski definition) is 3. The summed E-state index contributed by atoms with van der Waals surface area (Å²) in [7, 11) is 1.43. The average Bonchev–Trinajstić information content (AvgIpc) is 2.85. The molecule has 0 aromatic heterocycles. The van der Waals surface area contributed by atoms with Crippen LogP contribution in [-0.4, -0.2) is 24.8 Å². The van der Waals surface area contributed by atoms with Crippen LogP contribution in [0.2, 0.25) is 0 Å². The molecular formula is C31H48O3. The molecule has 0 amide bonds. The van der Waals surface area contributed by atoms with Crippen LogP contribution in [0.25, 0.3) is 0 Å². The van der Waals surface area contributed by atoms with E-state index in [1.807, 2.05) is 19.1 Å². The second kappa shape index (κ2) is 21.3. The Morgan fingerprint density at radius 2 is 1.53 bits per heavy atom. The van der Waals surface area contributed by atoms with Gasteiger partial charge in [-0.05, 0) is 80.2 Å². The van der Waals surface area contributed by atoms with E-state index in [-0.39, 0.29) is 6.79 Å². The third-order valence-corrected chi connectivity index (χ3v) is 5.63. The number of unbranched alkanes of at least 4 members (excludes halogenated alkanes) is 2. The number of aliphatic hydroxyl groups is 1. The van der Waals surface area contributed by atoms with Gasteiger partial charge in [0, 0.05) is 20.0 Å². The summed E-state index contributed by atoms with van der Waals surface area (Å²) in [6.45, 7) is 10.6. The molecule has 2 aromatic rings. The molecule has 190 valence electrons. The van der Waals surface area contributed by atoms with Crippen molar-refractivity contribution in [3.05, 3.63) is 82.4 Å². The summed E-state index contributed by atoms with van der Waals surface area (Å²) in [5.74, 6) is 0.328. The minimum absolute atomic E-state index is 0.181. The van der Waals surface area contributed by atoms with Crippen molar-refractivity contribution in [3.8, 4) is 0 Å². The van der Waals surface area contributed by atoms with E-state index in [4.69, 9.17) is 5.11 Å². The highest BCUT2D eigenvalue weighted by Crippen LogP contribution is 2.20. The lowest BCUT2D eigenvalue weighted by Crippen LogP contribution is -1.97. The number of aliphatic hydroxyl groups excluding tert-OH is 1. The number of ketones is 1. The fourth-order valence-electron chi connectivity index (χ4n) is 3.67. The highest BCUT2D eigenvalue weighted by Gasteiger charge is 2.05. The van der Waals surface area contributed by atoms with Crippen LogP contribution in [0.5, 0.6) is 0 Å². The minimum atomic E-state index is -0.181. The molecule has 0 fully saturated rings. The van der Waals surface area contributed by atoms with Crippen molar-refractivity contribution in [2.24, 2.45) is 0 Å². The second-order valence-electron chi connectivity index (χ2n) is 8.53. The molecule has 3 nitrogen and oxygen atoms in total. The van der Waals surface area contributed by atoms with Crippen molar-refractivity contribution >= 4 is 5.78 Å². The van der Waals surface area contributed by atoms with Crippen molar-refractivity contribution in [1.29, 1.82) is 0 Å². The molecule has 0 unspecified atom stereocenters. The Kier molecular flexibility index (Phi) is 19.9. The lowest BCUT2D eigenvalue weighted by molar-refractivity contribution is -0.117. The van der Waals surface area contributed by atoms with Gasteiger partial charge in [-0.1, -0.05) is 81.8 Å². The van der Waals surface area contributed by atoms with Crippen molar-refractivity contribution in [2.75, 3.05) is 13.9 Å². The Hall–Kier alpha value is -2.23. The molecule has 0 saturated carbocycles. The van der Waals surface area contributed by atoms with E-state index >= 15 is 0 Å². The first-order chi connectivity index (χ1) is 16.4. The molecule has 0 atom stereocenters. The van der Waals surface area contributed by atoms with Gasteiger partial charge in [-0.3, -0.25) is 4.79 Å². The van der Waals surface area contributed by atoms with E-state index in [0.29, 0.717) is 18.6 Å². The largest absolute Gasteiger partial charge is 0.371 e. The highest BCUT2D eigenvalue weighted by atomic mass is 16.6. The van der Waals surface area contributed by atoms with E-state index in [9.17, 15) is 4.79 Å². The van der Waals surface area contributed by atoms with Gasteiger partial charge < -0.3 is 9.84 Å². The first-order valence-corrected chi connectivity index (χ1v) is 12.8. The number of carbonyl (C=O) groups is 1. The molecule has 0 aliphatic rings. The fourth-order valence-corrected chi connectivity index (χ4v) is 3.67. The van der Waals surface area contributed by atoms with Gasteiger partial charge in [0.05, 0.1) is 0 Å². The van der Waals surface area contributed by atoms with E-state index in [2.05, 4.69) is 74.9 Å². The topological polar surface area (TPSA) is 46.5 Å². The lowest BCUT2D eigenvalue weighted by atomic mass is 9.93. The number of aryl methyl sites for hydroxylation is 4. The molecule has 2 aromatic carbocycles. The predicted molar refractivity (Wildman–Crippen MR) is 146 cm³/mol. The van der Waals surface area contributed by atoms with E-state index in [1.54, 1.807) is 0 Å². The molecular weight excluding hydrogens is 420 g/mol. The van der Waals surface area contributed by atoms with Crippen LogP contribution in [-0.2, 0) is 28.8 Å². The van der Waals surface area contributed by atoms with Crippen LogP contribution in [0, 0.1) is 13.8 Å². The maximum Gasteiger partial charge on any atom is 0.143 e. The van der Waals surface area contributed by atoms with Gasteiger partial charge in [0.25, 0.3) is 0 Å². The number of allylic oxidation sites excluding steroid dienone is 2. The zero-order valence-corrected chi connectivity index (χ0v) is 22.5. The molecule has 0 aliphatic heterocycles. The van der Waals surface area contributed by atoms with Crippen molar-refractivity contribution in [3.63, 3.8) is 0 Å². The molecule has 0 radical (unpaired) electrons. The Balaban J connectivity index is 0.000000740. The van der Waals surface area contributed by atoms with E-state index < -0.39 is 0 Å². The van der Waals surface area contributed by atoms with Crippen molar-refractivity contribution in [1.82, 2.24) is 0 Å². The molecule has 0 bridgehead atoms. The van der Waals surface area contributed by atoms with Crippen LogP contribution in [0.4, 0.5) is 0 Å². The van der Waals surface area contributed by atoms with E-state index in [0.717, 1.165) is 12.8 Å². The number of rotatable bonds is 12. The summed E-state index contributed by atoms with van der Waals surface area (Å²) in [5, 5.41) is 7.65. The SMILES string of the molecule is CCCc1cc(C)c(CCCC/C=C\CC(=O)CC)c(C)c1.CCc1ccccc1.COCO. The molecule has 0 aliphatic carbocycles. The van der Waals surface area contributed by atoms with Gasteiger partial charge in [-0.15, -0.1) is 0 Å². The summed E-state index contributed by atoms with van der Waals surface area (Å²) >= 11 is 0. The third-order valence-electron chi connectivity index (χ3n) is 5.63. The van der Waals surface area contributed by atoms with Crippen LogP contribution in [0.1, 0.15) is 87.1 Å². The van der Waals surface area contributed by atoms with Crippen LogP contribution in [0.15, 0.2) is 54.6 Å². The van der Waals surface area contributed by atoms with Gasteiger partial charge in [0.1, 0.15) is 12.6 Å². The smallest absolute Gasteiger partial charge is 0.143 e. The zero-order valence-electron chi connectivity index (χ0n) is 22.5. The Labute approximate surface area is 209 Å². The first kappa shape index (κ1) is 31.8. The number of benzene rings is 2. The second-order valence-corrected chi connectivity index (χ2v) is 8.53. The number of ether oxygens (including phenoxy) is 1. The molecule has 0 heterocycles. The molecule has 34 heavy (non-hydrogen) atoms. The van der Waals surface area contributed by atoms with Crippen LogP contribution >= 0.6 is 0 Å². The molecule has 3 heteroatoms. The number of carbonyl (C=O) groups excluding carboxylic acids is 1. The number of hydrogen-bond donors (Lipinski definition) is 1. The van der Waals surface area contributed by atoms with Gasteiger partial charge in [0.15, 0.2) is 0 Å². The molecule has 1 N–H and O–H groups in total. The zero-order chi connectivity index (χ0) is 25.6. The van der Waals surface area contributed by atoms with Gasteiger partial charge in [0.2, 0.25) is 0 Å². The normalized spacial score (nSPS) is 10.3. The third kappa shape index (κ3) is 15.6. The maximum atomic E-state index is 11.2. The Morgan fingerprint density at radius 1 is 0.912 bits per heavy atom. The number of Topliss-reactive ketones (excluding diaryl/α,β-unsaturated/α-hetero) is 1. The monoisotopic (exact) mass is 468 g/mol. The number of methoxy groups -OCH3 is 1. The molecule has 0 saturated heterocycles.